The van der Waals surface area contributed by atoms with Crippen LogP contribution in [0.4, 0.5) is 0 Å². The van der Waals surface area contributed by atoms with Crippen LogP contribution in [0.1, 0.15) is 70.8 Å². The molecule has 0 aromatic heterocycles. The van der Waals surface area contributed by atoms with Crippen LogP contribution in [-0.2, 0) is 32.0 Å². The molecule has 0 bridgehead atoms. The predicted octanol–water partition coefficient (Wildman–Crippen LogP) is 5.68. The van der Waals surface area contributed by atoms with Crippen LogP contribution >= 0.6 is 0 Å². The molecule has 0 N–H and O–H groups in total. The first kappa shape index (κ1) is 24.5. The van der Waals surface area contributed by atoms with Gasteiger partial charge in [0, 0.05) is 22.4 Å². The Bertz CT molecular complexity index is 360. The molecule has 23 heavy (non-hydrogen) atoms. The Morgan fingerprint density at radius 2 is 1.13 bits per heavy atom. The first-order valence-corrected chi connectivity index (χ1v) is 8.46. The molecule has 2 aliphatic carbocycles. The van der Waals surface area contributed by atoms with Crippen molar-refractivity contribution >= 4 is 6.15 Å². The molecular formula is C20H31NbO2-. The van der Waals surface area contributed by atoms with Crippen LogP contribution in [-0.4, -0.2) is 6.15 Å². The van der Waals surface area contributed by atoms with E-state index in [1.165, 1.54) is 51.4 Å². The van der Waals surface area contributed by atoms with Gasteiger partial charge in [0.15, 0.2) is 0 Å². The summed E-state index contributed by atoms with van der Waals surface area (Å²) in [6, 6.07) is 9.87. The van der Waals surface area contributed by atoms with Crippen LogP contribution in [0, 0.1) is 18.8 Å². The second-order valence-electron chi connectivity index (χ2n) is 6.35. The standard InChI is InChI=1S/C7H7.2C6H12.CO2.Nb/c1-7-5-3-2-4-6-7;2*1-6-4-2-3-5-6;2-1-3;/h2-6H,1H2;2*6H,2-5H2,1H3;;/q-1;;;;. The Labute approximate surface area is 158 Å². The summed E-state index contributed by atoms with van der Waals surface area (Å²) in [6.07, 6.45) is 12.1. The fourth-order valence-corrected chi connectivity index (χ4v) is 2.74. The Morgan fingerprint density at radius 1 is 0.826 bits per heavy atom. The van der Waals surface area contributed by atoms with Gasteiger partial charge < -0.3 is 0 Å². The van der Waals surface area contributed by atoms with Crippen molar-refractivity contribution in [3.8, 4) is 0 Å². The molecule has 3 rings (SSSR count). The van der Waals surface area contributed by atoms with E-state index in [1.54, 1.807) is 0 Å². The summed E-state index contributed by atoms with van der Waals surface area (Å²) < 4.78 is 0. The monoisotopic (exact) mass is 396 g/mol. The number of hydrogen-bond donors (Lipinski definition) is 0. The summed E-state index contributed by atoms with van der Waals surface area (Å²) in [6.45, 7) is 8.40. The fraction of sp³-hybridized carbons (Fsp3) is 0.600. The Morgan fingerprint density at radius 3 is 1.26 bits per heavy atom. The Hall–Kier alpha value is -0.790. The van der Waals surface area contributed by atoms with Crippen LogP contribution in [0.2, 0.25) is 0 Å². The van der Waals surface area contributed by atoms with E-state index in [0.717, 1.165) is 17.4 Å². The van der Waals surface area contributed by atoms with Gasteiger partial charge in [0.2, 0.25) is 0 Å². The quantitative estimate of drug-likeness (QED) is 0.418. The summed E-state index contributed by atoms with van der Waals surface area (Å²) in [5.41, 5.74) is 1.07. The number of benzene rings is 1. The van der Waals surface area contributed by atoms with Crippen molar-refractivity contribution in [3.63, 3.8) is 0 Å². The van der Waals surface area contributed by atoms with Gasteiger partial charge in [-0.25, -0.2) is 0 Å². The molecule has 2 nitrogen and oxygen atoms in total. The largest absolute Gasteiger partial charge is 0.373 e. The van der Waals surface area contributed by atoms with Crippen LogP contribution in [0.3, 0.4) is 0 Å². The molecule has 0 aliphatic heterocycles. The molecule has 0 atom stereocenters. The third-order valence-corrected chi connectivity index (χ3v) is 4.13. The van der Waals surface area contributed by atoms with Crippen LogP contribution < -0.4 is 0 Å². The molecule has 1 radical (unpaired) electrons. The van der Waals surface area contributed by atoms with Crippen LogP contribution in [0.25, 0.3) is 0 Å². The molecule has 2 fully saturated rings. The van der Waals surface area contributed by atoms with Gasteiger partial charge in [-0.1, -0.05) is 71.3 Å². The maximum absolute atomic E-state index is 8.12. The molecule has 0 amide bonds. The first-order chi connectivity index (χ1) is 10.6. The minimum Gasteiger partial charge on any atom is -0.199 e. The van der Waals surface area contributed by atoms with Gasteiger partial charge >= 0.3 is 6.15 Å². The van der Waals surface area contributed by atoms with E-state index < -0.39 is 0 Å². The topological polar surface area (TPSA) is 34.1 Å². The molecule has 0 spiro atoms. The molecule has 129 valence electrons. The minimum atomic E-state index is 0. The molecular weight excluding hydrogens is 365 g/mol. The molecule has 1 aromatic rings. The zero-order valence-corrected chi connectivity index (χ0v) is 16.9. The van der Waals surface area contributed by atoms with Gasteiger partial charge in [-0.2, -0.15) is 34.2 Å². The van der Waals surface area contributed by atoms with Crippen molar-refractivity contribution < 1.29 is 32.0 Å². The maximum atomic E-state index is 8.12. The second kappa shape index (κ2) is 17.6. The van der Waals surface area contributed by atoms with E-state index in [4.69, 9.17) is 9.59 Å². The number of carbonyl (C=O) groups excluding carboxylic acids is 2. The SMILES string of the molecule is CC1CCCC1.CC1CCCC1.O=C=O.[CH2-]c1ccccc1.[Nb]. The molecule has 0 unspecified atom stereocenters. The summed E-state index contributed by atoms with van der Waals surface area (Å²) in [5.74, 6) is 2.09. The van der Waals surface area contributed by atoms with E-state index in [2.05, 4.69) is 20.8 Å². The fourth-order valence-electron chi connectivity index (χ4n) is 2.74. The van der Waals surface area contributed by atoms with E-state index in [1.807, 2.05) is 30.3 Å². The first-order valence-electron chi connectivity index (χ1n) is 8.46. The number of rotatable bonds is 0. The van der Waals surface area contributed by atoms with Crippen molar-refractivity contribution in [2.24, 2.45) is 11.8 Å². The third kappa shape index (κ3) is 17.4. The van der Waals surface area contributed by atoms with Gasteiger partial charge in [0.05, 0.1) is 0 Å². The summed E-state index contributed by atoms with van der Waals surface area (Å²) >= 11 is 0. The van der Waals surface area contributed by atoms with E-state index in [0.29, 0.717) is 0 Å². The molecule has 3 heteroatoms. The summed E-state index contributed by atoms with van der Waals surface area (Å²) in [4.78, 5) is 16.2. The Kier molecular flexibility index (Phi) is 18.7. The van der Waals surface area contributed by atoms with Gasteiger partial charge in [0.1, 0.15) is 0 Å². The second-order valence-corrected chi connectivity index (χ2v) is 6.35. The smallest absolute Gasteiger partial charge is 0.199 e. The molecule has 2 aliphatic rings. The van der Waals surface area contributed by atoms with Crippen molar-refractivity contribution in [2.75, 3.05) is 0 Å². The molecule has 2 saturated carbocycles. The van der Waals surface area contributed by atoms with Crippen LogP contribution in [0.15, 0.2) is 30.3 Å². The maximum Gasteiger partial charge on any atom is 0.373 e. The summed E-state index contributed by atoms with van der Waals surface area (Å²) in [7, 11) is 0. The number of hydrogen-bond acceptors (Lipinski definition) is 2. The predicted molar refractivity (Wildman–Crippen MR) is 91.2 cm³/mol. The van der Waals surface area contributed by atoms with E-state index in [-0.39, 0.29) is 28.5 Å². The zero-order chi connectivity index (χ0) is 16.6. The van der Waals surface area contributed by atoms with Gasteiger partial charge in [-0.15, -0.1) is 12.1 Å². The Balaban J connectivity index is 0. The van der Waals surface area contributed by atoms with Crippen molar-refractivity contribution in [1.29, 1.82) is 0 Å². The van der Waals surface area contributed by atoms with Crippen molar-refractivity contribution in [3.05, 3.63) is 42.8 Å². The van der Waals surface area contributed by atoms with Crippen molar-refractivity contribution in [2.45, 2.75) is 65.2 Å². The normalized spacial score (nSPS) is 16.3. The average molecular weight is 396 g/mol. The van der Waals surface area contributed by atoms with Gasteiger partial charge in [-0.05, 0) is 11.8 Å². The van der Waals surface area contributed by atoms with Gasteiger partial charge in [-0.3, -0.25) is 0 Å². The molecule has 1 aromatic carbocycles. The third-order valence-electron chi connectivity index (χ3n) is 4.13. The molecule has 0 saturated heterocycles. The molecule has 0 heterocycles. The zero-order valence-electron chi connectivity index (χ0n) is 14.7. The van der Waals surface area contributed by atoms with E-state index in [9.17, 15) is 0 Å². The average Bonchev–Trinajstić information content (AvgIpc) is 3.16. The van der Waals surface area contributed by atoms with Crippen LogP contribution in [0.5, 0.6) is 0 Å². The van der Waals surface area contributed by atoms with E-state index >= 15 is 0 Å². The van der Waals surface area contributed by atoms with Crippen molar-refractivity contribution in [1.82, 2.24) is 0 Å². The minimum absolute atomic E-state index is 0. The summed E-state index contributed by atoms with van der Waals surface area (Å²) in [5, 5.41) is 0. The van der Waals surface area contributed by atoms with Gasteiger partial charge in [0.25, 0.3) is 0 Å².